The summed E-state index contributed by atoms with van der Waals surface area (Å²) in [6.45, 7) is 0. The van der Waals surface area contributed by atoms with E-state index >= 15 is 0 Å². The number of nitrogens with one attached hydrogen (secondary N) is 1. The molecule has 0 saturated carbocycles. The van der Waals surface area contributed by atoms with E-state index in [0.29, 0.717) is 0 Å². The van der Waals surface area contributed by atoms with Gasteiger partial charge in [0.2, 0.25) is 0 Å². The summed E-state index contributed by atoms with van der Waals surface area (Å²) < 4.78 is 18.1. The molecule has 0 aromatic heterocycles. The van der Waals surface area contributed by atoms with Gasteiger partial charge in [-0.05, 0) is 0 Å². The van der Waals surface area contributed by atoms with Gasteiger partial charge in [0.15, 0.2) is 5.75 Å². The van der Waals surface area contributed by atoms with Crippen LogP contribution in [0.25, 0.3) is 0 Å². The average molecular weight is 256 g/mol. The highest BCUT2D eigenvalue weighted by atomic mass is 19.1. The Labute approximate surface area is 100 Å². The van der Waals surface area contributed by atoms with Gasteiger partial charge in [-0.1, -0.05) is 0 Å². The number of hydrogen-bond acceptors (Lipinski definition) is 5. The van der Waals surface area contributed by atoms with Gasteiger partial charge in [0.25, 0.3) is 0 Å². The van der Waals surface area contributed by atoms with E-state index in [4.69, 9.17) is 5.73 Å². The molecular weight excluding hydrogens is 247 g/mol. The van der Waals surface area contributed by atoms with Crippen molar-refractivity contribution in [3.8, 4) is 5.75 Å². The zero-order valence-corrected chi connectivity index (χ0v) is 9.21. The molecule has 0 aliphatic rings. The standard InChI is InChI=1S/C9H9FN4O4/c1-18-8-3-6(10)5(2-7(8)14(16)17)4-12-13-9(11)15/h2-4H,1H3,(H3,11,13,15). The minimum Gasteiger partial charge on any atom is -0.490 e. The number of primary amides is 1. The highest BCUT2D eigenvalue weighted by Crippen LogP contribution is 2.28. The summed E-state index contributed by atoms with van der Waals surface area (Å²) in [5, 5.41) is 14.0. The highest BCUT2D eigenvalue weighted by molar-refractivity contribution is 5.83. The Morgan fingerprint density at radius 2 is 2.33 bits per heavy atom. The van der Waals surface area contributed by atoms with E-state index in [-0.39, 0.29) is 11.3 Å². The molecule has 1 aromatic carbocycles. The van der Waals surface area contributed by atoms with Crippen LogP contribution in [0, 0.1) is 15.9 Å². The van der Waals surface area contributed by atoms with Crippen molar-refractivity contribution >= 4 is 17.9 Å². The molecule has 0 atom stereocenters. The predicted octanol–water partition coefficient (Wildman–Crippen LogP) is 0.745. The van der Waals surface area contributed by atoms with Crippen LogP contribution in [-0.2, 0) is 0 Å². The van der Waals surface area contributed by atoms with E-state index in [1.165, 1.54) is 7.11 Å². The van der Waals surface area contributed by atoms with E-state index in [1.807, 2.05) is 5.43 Å². The van der Waals surface area contributed by atoms with Gasteiger partial charge in [0.05, 0.1) is 18.2 Å². The molecule has 18 heavy (non-hydrogen) atoms. The Bertz CT molecular complexity index is 518. The van der Waals surface area contributed by atoms with Crippen molar-refractivity contribution in [2.75, 3.05) is 7.11 Å². The van der Waals surface area contributed by atoms with Gasteiger partial charge in [0.1, 0.15) is 5.82 Å². The second kappa shape index (κ2) is 5.57. The van der Waals surface area contributed by atoms with Crippen LogP contribution in [0.15, 0.2) is 17.2 Å². The van der Waals surface area contributed by atoms with Crippen molar-refractivity contribution in [3.05, 3.63) is 33.6 Å². The van der Waals surface area contributed by atoms with E-state index in [1.54, 1.807) is 0 Å². The number of halogens is 1. The van der Waals surface area contributed by atoms with Crippen LogP contribution in [-0.4, -0.2) is 24.3 Å². The summed E-state index contributed by atoms with van der Waals surface area (Å²) in [5.41, 5.74) is 5.97. The molecule has 0 radical (unpaired) electrons. The predicted molar refractivity (Wildman–Crippen MR) is 59.9 cm³/mol. The Morgan fingerprint density at radius 3 is 2.83 bits per heavy atom. The van der Waals surface area contributed by atoms with Crippen LogP contribution in [0.4, 0.5) is 14.9 Å². The van der Waals surface area contributed by atoms with Gasteiger partial charge in [-0.2, -0.15) is 5.10 Å². The number of nitro groups is 1. The summed E-state index contributed by atoms with van der Waals surface area (Å²) in [5.74, 6) is -0.995. The second-order valence-corrected chi connectivity index (χ2v) is 3.04. The maximum Gasteiger partial charge on any atom is 0.332 e. The van der Waals surface area contributed by atoms with Crippen LogP contribution in [0.1, 0.15) is 5.56 Å². The number of benzene rings is 1. The number of methoxy groups -OCH3 is 1. The number of hydrogen-bond donors (Lipinski definition) is 2. The van der Waals surface area contributed by atoms with Gasteiger partial charge in [-0.3, -0.25) is 10.1 Å². The van der Waals surface area contributed by atoms with E-state index in [0.717, 1.165) is 18.3 Å². The molecule has 0 aliphatic heterocycles. The lowest BCUT2D eigenvalue weighted by molar-refractivity contribution is -0.385. The average Bonchev–Trinajstić information content (AvgIpc) is 2.29. The molecule has 3 N–H and O–H groups in total. The number of carbonyl (C=O) groups is 1. The maximum absolute atomic E-state index is 13.5. The number of urea groups is 1. The summed E-state index contributed by atoms with van der Waals surface area (Å²) in [4.78, 5) is 20.3. The molecule has 0 heterocycles. The highest BCUT2D eigenvalue weighted by Gasteiger charge is 2.18. The third kappa shape index (κ3) is 3.14. The number of ether oxygens (including phenoxy) is 1. The normalized spacial score (nSPS) is 10.3. The van der Waals surface area contributed by atoms with Crippen LogP contribution >= 0.6 is 0 Å². The monoisotopic (exact) mass is 256 g/mol. The van der Waals surface area contributed by atoms with Crippen molar-refractivity contribution in [3.63, 3.8) is 0 Å². The number of amides is 2. The molecule has 0 aliphatic carbocycles. The zero-order chi connectivity index (χ0) is 13.7. The summed E-state index contributed by atoms with van der Waals surface area (Å²) >= 11 is 0. The van der Waals surface area contributed by atoms with E-state index < -0.39 is 22.5 Å². The first-order chi connectivity index (χ1) is 8.45. The molecule has 0 fully saturated rings. The minimum atomic E-state index is -0.935. The molecule has 0 spiro atoms. The molecule has 0 saturated heterocycles. The SMILES string of the molecule is COc1cc(F)c(C=NNC(N)=O)cc1[N+](=O)[O-]. The molecule has 1 rings (SSSR count). The largest absolute Gasteiger partial charge is 0.490 e. The number of rotatable bonds is 4. The number of carbonyl (C=O) groups excluding carboxylic acids is 1. The van der Waals surface area contributed by atoms with Crippen molar-refractivity contribution in [2.24, 2.45) is 10.8 Å². The minimum absolute atomic E-state index is 0.184. The smallest absolute Gasteiger partial charge is 0.332 e. The van der Waals surface area contributed by atoms with Crippen LogP contribution in [0.5, 0.6) is 5.75 Å². The van der Waals surface area contributed by atoms with Crippen molar-refractivity contribution < 1.29 is 18.8 Å². The number of nitrogens with zero attached hydrogens (tertiary/aromatic N) is 2. The summed E-state index contributed by atoms with van der Waals surface area (Å²) in [7, 11) is 1.18. The molecule has 96 valence electrons. The fourth-order valence-corrected chi connectivity index (χ4v) is 1.13. The van der Waals surface area contributed by atoms with Crippen molar-refractivity contribution in [2.45, 2.75) is 0 Å². The quantitative estimate of drug-likeness (QED) is 0.469. The molecule has 2 amide bonds. The van der Waals surface area contributed by atoms with Crippen molar-refractivity contribution in [1.82, 2.24) is 5.43 Å². The lowest BCUT2D eigenvalue weighted by Gasteiger charge is -2.03. The van der Waals surface area contributed by atoms with Gasteiger partial charge >= 0.3 is 11.7 Å². The van der Waals surface area contributed by atoms with Gasteiger partial charge in [-0.25, -0.2) is 14.6 Å². The molecule has 0 unspecified atom stereocenters. The first-order valence-electron chi connectivity index (χ1n) is 4.56. The maximum atomic E-state index is 13.5. The van der Waals surface area contributed by atoms with E-state index in [2.05, 4.69) is 9.84 Å². The summed E-state index contributed by atoms with van der Waals surface area (Å²) in [6, 6.07) is 0.846. The molecular formula is C9H9FN4O4. The third-order valence-electron chi connectivity index (χ3n) is 1.87. The van der Waals surface area contributed by atoms with Gasteiger partial charge < -0.3 is 10.5 Å². The fraction of sp³-hybridized carbons (Fsp3) is 0.111. The Morgan fingerprint density at radius 1 is 1.67 bits per heavy atom. The summed E-state index contributed by atoms with van der Waals surface area (Å²) in [6.07, 6.45) is 0.895. The van der Waals surface area contributed by atoms with Crippen LogP contribution < -0.4 is 15.9 Å². The van der Waals surface area contributed by atoms with Gasteiger partial charge in [0, 0.05) is 17.7 Å². The number of hydrazone groups is 1. The zero-order valence-electron chi connectivity index (χ0n) is 9.21. The topological polar surface area (TPSA) is 120 Å². The molecule has 1 aromatic rings. The first kappa shape index (κ1) is 13.4. The Kier molecular flexibility index (Phi) is 4.13. The lowest BCUT2D eigenvalue weighted by atomic mass is 10.2. The fourth-order valence-electron chi connectivity index (χ4n) is 1.13. The number of nitro benzene ring substituents is 1. The Hall–Kier alpha value is -2.71. The molecule has 8 nitrogen and oxygen atoms in total. The van der Waals surface area contributed by atoms with Crippen molar-refractivity contribution in [1.29, 1.82) is 0 Å². The Balaban J connectivity index is 3.13. The van der Waals surface area contributed by atoms with Crippen LogP contribution in [0.2, 0.25) is 0 Å². The number of nitrogens with two attached hydrogens (primary N) is 1. The second-order valence-electron chi connectivity index (χ2n) is 3.04. The van der Waals surface area contributed by atoms with Crippen LogP contribution in [0.3, 0.4) is 0 Å². The van der Waals surface area contributed by atoms with Gasteiger partial charge in [-0.15, -0.1) is 0 Å². The first-order valence-corrected chi connectivity index (χ1v) is 4.56. The molecule has 9 heteroatoms. The van der Waals surface area contributed by atoms with E-state index in [9.17, 15) is 19.3 Å². The molecule has 0 bridgehead atoms. The third-order valence-corrected chi connectivity index (χ3v) is 1.87. The lowest BCUT2D eigenvalue weighted by Crippen LogP contribution is -2.24.